The normalized spacial score (nSPS) is 21.7. The SMILES string of the molecule is CC1CC(Nc2cccc(F)c2C#N)CCN1C(=O)CO. The second kappa shape index (κ2) is 6.55. The highest BCUT2D eigenvalue weighted by Gasteiger charge is 2.28. The molecule has 0 aromatic heterocycles. The molecule has 1 aromatic carbocycles. The second-order valence-electron chi connectivity index (χ2n) is 5.23. The van der Waals surface area contributed by atoms with Gasteiger partial charge in [0.25, 0.3) is 0 Å². The smallest absolute Gasteiger partial charge is 0.248 e. The first-order chi connectivity index (χ1) is 10.1. The molecule has 0 radical (unpaired) electrons. The van der Waals surface area contributed by atoms with Crippen LogP contribution in [-0.2, 0) is 4.79 Å². The van der Waals surface area contributed by atoms with Crippen LogP contribution in [-0.4, -0.2) is 41.1 Å². The van der Waals surface area contributed by atoms with Gasteiger partial charge in [-0.2, -0.15) is 5.26 Å². The molecule has 5 nitrogen and oxygen atoms in total. The van der Waals surface area contributed by atoms with Crippen LogP contribution >= 0.6 is 0 Å². The summed E-state index contributed by atoms with van der Waals surface area (Å²) in [5.41, 5.74) is 0.496. The van der Waals surface area contributed by atoms with E-state index in [2.05, 4.69) is 5.32 Å². The van der Waals surface area contributed by atoms with Gasteiger partial charge in [0.05, 0.1) is 5.69 Å². The number of nitriles is 1. The van der Waals surface area contributed by atoms with Crippen LogP contribution in [0.5, 0.6) is 0 Å². The van der Waals surface area contributed by atoms with Crippen molar-refractivity contribution in [3.05, 3.63) is 29.6 Å². The lowest BCUT2D eigenvalue weighted by Crippen LogP contribution is -2.48. The van der Waals surface area contributed by atoms with Crippen LogP contribution in [0.3, 0.4) is 0 Å². The molecule has 0 saturated carbocycles. The number of benzene rings is 1. The van der Waals surface area contributed by atoms with Gasteiger partial charge in [-0.15, -0.1) is 0 Å². The van der Waals surface area contributed by atoms with Crippen LogP contribution in [0.2, 0.25) is 0 Å². The minimum Gasteiger partial charge on any atom is -0.387 e. The highest BCUT2D eigenvalue weighted by atomic mass is 19.1. The van der Waals surface area contributed by atoms with Crippen molar-refractivity contribution in [1.82, 2.24) is 4.90 Å². The first kappa shape index (κ1) is 15.3. The fraction of sp³-hybridized carbons (Fsp3) is 0.467. The predicted octanol–water partition coefficient (Wildman–Crippen LogP) is 1.48. The molecule has 112 valence electrons. The van der Waals surface area contributed by atoms with Gasteiger partial charge in [0.1, 0.15) is 24.1 Å². The molecule has 0 aliphatic carbocycles. The average Bonchev–Trinajstić information content (AvgIpc) is 2.47. The number of nitrogens with one attached hydrogen (secondary N) is 1. The summed E-state index contributed by atoms with van der Waals surface area (Å²) < 4.78 is 13.6. The summed E-state index contributed by atoms with van der Waals surface area (Å²) in [4.78, 5) is 13.2. The number of aliphatic hydroxyl groups is 1. The Morgan fingerprint density at radius 2 is 2.38 bits per heavy atom. The van der Waals surface area contributed by atoms with Gasteiger partial charge >= 0.3 is 0 Å². The van der Waals surface area contributed by atoms with Gasteiger partial charge in [0, 0.05) is 18.6 Å². The zero-order chi connectivity index (χ0) is 15.4. The van der Waals surface area contributed by atoms with Crippen molar-refractivity contribution < 1.29 is 14.3 Å². The van der Waals surface area contributed by atoms with E-state index in [1.54, 1.807) is 17.0 Å². The highest BCUT2D eigenvalue weighted by molar-refractivity contribution is 5.77. The lowest BCUT2D eigenvalue weighted by molar-refractivity contribution is -0.137. The van der Waals surface area contributed by atoms with E-state index in [1.165, 1.54) is 6.07 Å². The minimum atomic E-state index is -0.538. The number of anilines is 1. The van der Waals surface area contributed by atoms with Crippen molar-refractivity contribution in [3.63, 3.8) is 0 Å². The van der Waals surface area contributed by atoms with Crippen molar-refractivity contribution in [2.75, 3.05) is 18.5 Å². The topological polar surface area (TPSA) is 76.4 Å². The Kier molecular flexibility index (Phi) is 4.76. The maximum Gasteiger partial charge on any atom is 0.248 e. The van der Waals surface area contributed by atoms with E-state index >= 15 is 0 Å². The maximum atomic E-state index is 13.6. The van der Waals surface area contributed by atoms with Crippen molar-refractivity contribution in [2.45, 2.75) is 31.8 Å². The van der Waals surface area contributed by atoms with Crippen LogP contribution in [0, 0.1) is 17.1 Å². The predicted molar refractivity (Wildman–Crippen MR) is 76.0 cm³/mol. The van der Waals surface area contributed by atoms with Gasteiger partial charge in [0.15, 0.2) is 0 Å². The number of hydrogen-bond acceptors (Lipinski definition) is 4. The van der Waals surface area contributed by atoms with Gasteiger partial charge in [-0.05, 0) is 31.9 Å². The summed E-state index contributed by atoms with van der Waals surface area (Å²) in [5, 5.41) is 21.1. The number of nitrogens with zero attached hydrogens (tertiary/aromatic N) is 2. The maximum absolute atomic E-state index is 13.6. The molecule has 1 saturated heterocycles. The molecular formula is C15H18FN3O2. The fourth-order valence-corrected chi connectivity index (χ4v) is 2.74. The average molecular weight is 291 g/mol. The number of carbonyl (C=O) groups excluding carboxylic acids is 1. The van der Waals surface area contributed by atoms with Crippen LogP contribution in [0.1, 0.15) is 25.3 Å². The monoisotopic (exact) mass is 291 g/mol. The summed E-state index contributed by atoms with van der Waals surface area (Å²) in [6.07, 6.45) is 1.38. The number of rotatable bonds is 3. The summed E-state index contributed by atoms with van der Waals surface area (Å²) in [7, 11) is 0. The van der Waals surface area contributed by atoms with Crippen molar-refractivity contribution >= 4 is 11.6 Å². The first-order valence-corrected chi connectivity index (χ1v) is 6.92. The number of hydrogen-bond donors (Lipinski definition) is 2. The van der Waals surface area contributed by atoms with Crippen LogP contribution < -0.4 is 5.32 Å². The molecular weight excluding hydrogens is 273 g/mol. The molecule has 0 spiro atoms. The molecule has 2 atom stereocenters. The van der Waals surface area contributed by atoms with Crippen LogP contribution in [0.15, 0.2) is 18.2 Å². The third kappa shape index (κ3) is 3.31. The molecule has 21 heavy (non-hydrogen) atoms. The van der Waals surface area contributed by atoms with E-state index in [0.717, 1.165) is 0 Å². The summed E-state index contributed by atoms with van der Waals surface area (Å²) in [6.45, 7) is 1.97. The van der Waals surface area contributed by atoms with Gasteiger partial charge in [-0.1, -0.05) is 6.07 Å². The number of carbonyl (C=O) groups is 1. The van der Waals surface area contributed by atoms with E-state index in [4.69, 9.17) is 10.4 Å². The second-order valence-corrected chi connectivity index (χ2v) is 5.23. The van der Waals surface area contributed by atoms with E-state index in [9.17, 15) is 9.18 Å². The molecule has 1 amide bonds. The van der Waals surface area contributed by atoms with Gasteiger partial charge < -0.3 is 15.3 Å². The largest absolute Gasteiger partial charge is 0.387 e. The lowest BCUT2D eigenvalue weighted by atomic mass is 9.97. The molecule has 2 unspecified atom stereocenters. The third-order valence-electron chi connectivity index (χ3n) is 3.82. The third-order valence-corrected chi connectivity index (χ3v) is 3.82. The molecule has 2 N–H and O–H groups in total. The Morgan fingerprint density at radius 1 is 1.62 bits per heavy atom. The summed E-state index contributed by atoms with van der Waals surface area (Å²) >= 11 is 0. The van der Waals surface area contributed by atoms with Crippen molar-refractivity contribution in [3.8, 4) is 6.07 Å². The van der Waals surface area contributed by atoms with Crippen molar-refractivity contribution in [1.29, 1.82) is 5.26 Å². The Balaban J connectivity index is 2.05. The van der Waals surface area contributed by atoms with Gasteiger partial charge in [-0.25, -0.2) is 4.39 Å². The first-order valence-electron chi connectivity index (χ1n) is 6.92. The Hall–Kier alpha value is -2.13. The number of amides is 1. The Morgan fingerprint density at radius 3 is 3.00 bits per heavy atom. The molecule has 2 rings (SSSR count). The zero-order valence-corrected chi connectivity index (χ0v) is 11.8. The van der Waals surface area contributed by atoms with Crippen LogP contribution in [0.4, 0.5) is 10.1 Å². The molecule has 1 aliphatic heterocycles. The summed E-state index contributed by atoms with van der Waals surface area (Å²) in [6, 6.07) is 6.43. The number of piperidine rings is 1. The lowest BCUT2D eigenvalue weighted by Gasteiger charge is -2.38. The number of likely N-dealkylation sites (tertiary alicyclic amines) is 1. The zero-order valence-electron chi connectivity index (χ0n) is 11.8. The van der Waals surface area contributed by atoms with E-state index in [0.29, 0.717) is 25.1 Å². The Labute approximate surface area is 123 Å². The Bertz CT molecular complexity index is 571. The standard InChI is InChI=1S/C15H18FN3O2/c1-10-7-11(5-6-19(10)15(21)9-20)18-14-4-2-3-13(16)12(14)8-17/h2-4,10-11,18,20H,5-7,9H2,1H3. The quantitative estimate of drug-likeness (QED) is 0.884. The van der Waals surface area contributed by atoms with Crippen LogP contribution in [0.25, 0.3) is 0 Å². The van der Waals surface area contributed by atoms with E-state index < -0.39 is 12.4 Å². The number of halogens is 1. The number of aliphatic hydroxyl groups excluding tert-OH is 1. The fourth-order valence-electron chi connectivity index (χ4n) is 2.74. The van der Waals surface area contributed by atoms with E-state index in [-0.39, 0.29) is 23.6 Å². The minimum absolute atomic E-state index is 0.00463. The molecule has 6 heteroatoms. The molecule has 1 aromatic rings. The molecule has 1 heterocycles. The van der Waals surface area contributed by atoms with E-state index in [1.807, 2.05) is 13.0 Å². The molecule has 1 fully saturated rings. The van der Waals surface area contributed by atoms with Crippen molar-refractivity contribution in [2.24, 2.45) is 0 Å². The van der Waals surface area contributed by atoms with Gasteiger partial charge in [0.2, 0.25) is 5.91 Å². The summed E-state index contributed by atoms with van der Waals surface area (Å²) in [5.74, 6) is -0.812. The highest BCUT2D eigenvalue weighted by Crippen LogP contribution is 2.24. The molecule has 0 bridgehead atoms. The molecule has 1 aliphatic rings. The van der Waals surface area contributed by atoms with Gasteiger partial charge in [-0.3, -0.25) is 4.79 Å².